The summed E-state index contributed by atoms with van der Waals surface area (Å²) in [7, 11) is 0. The number of aromatic nitrogens is 2. The van der Waals surface area contributed by atoms with E-state index in [1.54, 1.807) is 0 Å². The first kappa shape index (κ1) is 14.1. The third-order valence-electron chi connectivity index (χ3n) is 2.25. The largest absolute Gasteiger partial charge is 0.381 e. The molecule has 0 radical (unpaired) electrons. The van der Waals surface area contributed by atoms with Crippen molar-refractivity contribution < 1.29 is 14.0 Å². The molecular weight excluding hydrogens is 222 g/mol. The van der Waals surface area contributed by atoms with Crippen LogP contribution < -0.4 is 5.73 Å². The lowest BCUT2D eigenvalue weighted by Crippen LogP contribution is -2.39. The molecule has 98 valence electrons. The van der Waals surface area contributed by atoms with Crippen molar-refractivity contribution in [2.75, 3.05) is 26.4 Å². The molecule has 0 amide bonds. The highest BCUT2D eigenvalue weighted by Crippen LogP contribution is 2.14. The average molecular weight is 243 g/mol. The summed E-state index contributed by atoms with van der Waals surface area (Å²) in [5, 5.41) is 3.87. The number of nitrogens with zero attached hydrogens (tertiary/aromatic N) is 2. The summed E-state index contributed by atoms with van der Waals surface area (Å²) < 4.78 is 15.6. The monoisotopic (exact) mass is 243 g/mol. The molecule has 0 aromatic carbocycles. The summed E-state index contributed by atoms with van der Waals surface area (Å²) in [6.45, 7) is 7.92. The van der Waals surface area contributed by atoms with E-state index in [-0.39, 0.29) is 0 Å². The molecule has 0 spiro atoms. The van der Waals surface area contributed by atoms with Crippen molar-refractivity contribution >= 4 is 0 Å². The first-order valence-corrected chi connectivity index (χ1v) is 5.87. The van der Waals surface area contributed by atoms with Crippen LogP contribution in [0.3, 0.4) is 0 Å². The Morgan fingerprint density at radius 3 is 2.65 bits per heavy atom. The third kappa shape index (κ3) is 4.41. The Labute approximate surface area is 101 Å². The number of rotatable bonds is 8. The van der Waals surface area contributed by atoms with Crippen molar-refractivity contribution in [3.05, 3.63) is 11.7 Å². The lowest BCUT2D eigenvalue weighted by Gasteiger charge is -2.19. The fourth-order valence-corrected chi connectivity index (χ4v) is 1.27. The fraction of sp³-hybridized carbons (Fsp3) is 0.818. The molecule has 0 saturated carbocycles. The van der Waals surface area contributed by atoms with Crippen LogP contribution in [0.2, 0.25) is 0 Å². The Balaban J connectivity index is 2.53. The van der Waals surface area contributed by atoms with E-state index in [1.807, 2.05) is 20.8 Å². The Morgan fingerprint density at radius 1 is 1.29 bits per heavy atom. The van der Waals surface area contributed by atoms with Crippen LogP contribution in [0.25, 0.3) is 0 Å². The van der Waals surface area contributed by atoms with Crippen LogP contribution in [0, 0.1) is 0 Å². The van der Waals surface area contributed by atoms with Gasteiger partial charge in [-0.15, -0.1) is 0 Å². The van der Waals surface area contributed by atoms with Crippen molar-refractivity contribution in [3.8, 4) is 0 Å². The van der Waals surface area contributed by atoms with Crippen molar-refractivity contribution in [3.63, 3.8) is 0 Å². The van der Waals surface area contributed by atoms with Gasteiger partial charge in [0, 0.05) is 13.2 Å². The zero-order valence-corrected chi connectivity index (χ0v) is 10.7. The molecule has 1 rings (SSSR count). The maximum absolute atomic E-state index is 6.05. The number of hydrogen-bond acceptors (Lipinski definition) is 6. The normalized spacial score (nSPS) is 14.8. The first-order valence-electron chi connectivity index (χ1n) is 5.87. The second-order valence-corrected chi connectivity index (χ2v) is 4.01. The van der Waals surface area contributed by atoms with Gasteiger partial charge in [-0.3, -0.25) is 0 Å². The van der Waals surface area contributed by atoms with Gasteiger partial charge in [-0.25, -0.2) is 0 Å². The molecule has 1 unspecified atom stereocenters. The average Bonchev–Trinajstić information content (AvgIpc) is 2.76. The third-order valence-corrected chi connectivity index (χ3v) is 2.25. The number of nitrogens with two attached hydrogens (primary N) is 1. The van der Waals surface area contributed by atoms with Gasteiger partial charge in [0.15, 0.2) is 5.82 Å². The zero-order valence-electron chi connectivity index (χ0n) is 10.7. The lowest BCUT2D eigenvalue weighted by molar-refractivity contribution is 0.0962. The Kier molecular flexibility index (Phi) is 5.54. The Bertz CT molecular complexity index is 326. The van der Waals surface area contributed by atoms with Crippen LogP contribution in [0.5, 0.6) is 0 Å². The van der Waals surface area contributed by atoms with Crippen LogP contribution in [0.4, 0.5) is 0 Å². The van der Waals surface area contributed by atoms with E-state index in [0.717, 1.165) is 0 Å². The second kappa shape index (κ2) is 6.68. The molecule has 6 nitrogen and oxygen atoms in total. The van der Waals surface area contributed by atoms with Gasteiger partial charge in [0.1, 0.15) is 5.54 Å². The zero-order chi connectivity index (χ0) is 12.7. The van der Waals surface area contributed by atoms with E-state index in [9.17, 15) is 0 Å². The summed E-state index contributed by atoms with van der Waals surface area (Å²) in [6, 6.07) is 0. The highest BCUT2D eigenvalue weighted by molar-refractivity contribution is 5.01. The quantitative estimate of drug-likeness (QED) is 0.682. The highest BCUT2D eigenvalue weighted by atomic mass is 16.5. The van der Waals surface area contributed by atoms with Crippen LogP contribution in [0.1, 0.15) is 32.5 Å². The van der Waals surface area contributed by atoms with Gasteiger partial charge >= 0.3 is 0 Å². The number of ether oxygens (including phenoxy) is 2. The highest BCUT2D eigenvalue weighted by Gasteiger charge is 2.27. The predicted octanol–water partition coefficient (Wildman–Crippen LogP) is 0.859. The van der Waals surface area contributed by atoms with Gasteiger partial charge in [0.05, 0.1) is 19.6 Å². The van der Waals surface area contributed by atoms with Gasteiger partial charge in [0.25, 0.3) is 0 Å². The van der Waals surface area contributed by atoms with Gasteiger partial charge in [-0.05, 0) is 20.8 Å². The lowest BCUT2D eigenvalue weighted by atomic mass is 10.1. The van der Waals surface area contributed by atoms with Gasteiger partial charge in [-0.1, -0.05) is 5.16 Å². The molecule has 0 saturated heterocycles. The van der Waals surface area contributed by atoms with Crippen molar-refractivity contribution in [2.24, 2.45) is 5.73 Å². The maximum Gasteiger partial charge on any atom is 0.229 e. The van der Waals surface area contributed by atoms with Crippen LogP contribution in [-0.2, 0) is 21.4 Å². The van der Waals surface area contributed by atoms with Gasteiger partial charge in [-0.2, -0.15) is 4.98 Å². The summed E-state index contributed by atoms with van der Waals surface area (Å²) >= 11 is 0. The minimum atomic E-state index is -0.719. The smallest absolute Gasteiger partial charge is 0.229 e. The summed E-state index contributed by atoms with van der Waals surface area (Å²) in [4.78, 5) is 4.24. The minimum absolute atomic E-state index is 0.369. The molecule has 1 atom stereocenters. The Morgan fingerprint density at radius 2 is 2.00 bits per heavy atom. The molecule has 1 aromatic heterocycles. The summed E-state index contributed by atoms with van der Waals surface area (Å²) in [5.74, 6) is 1.01. The van der Waals surface area contributed by atoms with E-state index in [2.05, 4.69) is 10.1 Å². The molecule has 0 aliphatic carbocycles. The topological polar surface area (TPSA) is 83.4 Å². The molecule has 1 aromatic rings. The van der Waals surface area contributed by atoms with E-state index < -0.39 is 5.54 Å². The fourth-order valence-electron chi connectivity index (χ4n) is 1.27. The van der Waals surface area contributed by atoms with Crippen LogP contribution in [0.15, 0.2) is 4.52 Å². The standard InChI is InChI=1S/C11H21N3O3/c1-4-15-7-6-9-13-10(14-17-9)11(3,12)8-16-5-2/h4-8,12H2,1-3H3. The molecule has 17 heavy (non-hydrogen) atoms. The van der Waals surface area contributed by atoms with E-state index in [1.165, 1.54) is 0 Å². The summed E-state index contributed by atoms with van der Waals surface area (Å²) in [5.41, 5.74) is 5.33. The van der Waals surface area contributed by atoms with Gasteiger partial charge < -0.3 is 19.7 Å². The molecule has 0 aliphatic heterocycles. The van der Waals surface area contributed by atoms with Crippen molar-refractivity contribution in [1.29, 1.82) is 0 Å². The van der Waals surface area contributed by atoms with Crippen LogP contribution in [-0.4, -0.2) is 36.6 Å². The first-order chi connectivity index (χ1) is 8.10. The second-order valence-electron chi connectivity index (χ2n) is 4.01. The SMILES string of the molecule is CCOCCc1nc(C(C)(N)COCC)no1. The molecule has 0 fully saturated rings. The van der Waals surface area contributed by atoms with Crippen molar-refractivity contribution in [1.82, 2.24) is 10.1 Å². The van der Waals surface area contributed by atoms with Gasteiger partial charge in [0.2, 0.25) is 5.89 Å². The van der Waals surface area contributed by atoms with Crippen molar-refractivity contribution in [2.45, 2.75) is 32.7 Å². The van der Waals surface area contributed by atoms with Crippen LogP contribution >= 0.6 is 0 Å². The molecule has 0 bridgehead atoms. The van der Waals surface area contributed by atoms with E-state index in [4.69, 9.17) is 19.7 Å². The minimum Gasteiger partial charge on any atom is -0.381 e. The number of hydrogen-bond donors (Lipinski definition) is 1. The van der Waals surface area contributed by atoms with E-state index >= 15 is 0 Å². The molecule has 0 aliphatic rings. The summed E-state index contributed by atoms with van der Waals surface area (Å²) in [6.07, 6.45) is 0.603. The molecule has 6 heteroatoms. The predicted molar refractivity (Wildman–Crippen MR) is 62.5 cm³/mol. The maximum atomic E-state index is 6.05. The Hall–Kier alpha value is -0.980. The molecule has 1 heterocycles. The van der Waals surface area contributed by atoms with E-state index in [0.29, 0.717) is 44.6 Å². The molecule has 2 N–H and O–H groups in total. The molecular formula is C11H21N3O3.